The molecule has 1 aliphatic rings. The first kappa shape index (κ1) is 19.2. The lowest BCUT2D eigenvalue weighted by molar-refractivity contribution is -0.140. The summed E-state index contributed by atoms with van der Waals surface area (Å²) in [6, 6.07) is 17.0. The fourth-order valence-corrected chi connectivity index (χ4v) is 3.55. The minimum absolute atomic E-state index is 0.00986. The van der Waals surface area contributed by atoms with Gasteiger partial charge in [0, 0.05) is 23.1 Å². The predicted molar refractivity (Wildman–Crippen MR) is 105 cm³/mol. The molecule has 0 bridgehead atoms. The number of benzene rings is 2. The Bertz CT molecular complexity index is 859. The van der Waals surface area contributed by atoms with Gasteiger partial charge < -0.3 is 9.64 Å². The Labute approximate surface area is 164 Å². The number of allylic oxidation sites excluding steroid dienone is 1. The maximum atomic E-state index is 12.9. The van der Waals surface area contributed by atoms with Crippen LogP contribution in [0.2, 0.25) is 5.02 Å². The van der Waals surface area contributed by atoms with Crippen LogP contribution in [0, 0.1) is 0 Å². The number of ether oxygens (including phenoxy) is 1. The first-order chi connectivity index (χ1) is 13.0. The van der Waals surface area contributed by atoms with Gasteiger partial charge in [0.05, 0.1) is 18.7 Å². The van der Waals surface area contributed by atoms with Crippen molar-refractivity contribution in [3.05, 3.63) is 82.0 Å². The van der Waals surface area contributed by atoms with E-state index in [1.54, 1.807) is 24.0 Å². The maximum Gasteiger partial charge on any atom is 0.336 e. The molecule has 1 atom stereocenters. The van der Waals surface area contributed by atoms with Crippen molar-refractivity contribution in [2.75, 3.05) is 6.61 Å². The Morgan fingerprint density at radius 2 is 1.81 bits per heavy atom. The Hall–Kier alpha value is -2.59. The van der Waals surface area contributed by atoms with Crippen LogP contribution in [0.5, 0.6) is 0 Å². The van der Waals surface area contributed by atoms with E-state index in [1.165, 1.54) is 0 Å². The van der Waals surface area contributed by atoms with Gasteiger partial charge in [0.1, 0.15) is 0 Å². The van der Waals surface area contributed by atoms with Gasteiger partial charge in [0.15, 0.2) is 0 Å². The molecule has 0 saturated carbocycles. The van der Waals surface area contributed by atoms with Crippen LogP contribution in [0.3, 0.4) is 0 Å². The van der Waals surface area contributed by atoms with Crippen LogP contribution in [-0.4, -0.2) is 23.4 Å². The molecule has 1 amide bonds. The van der Waals surface area contributed by atoms with Crippen molar-refractivity contribution in [3.8, 4) is 0 Å². The Balaban J connectivity index is 2.02. The quantitative estimate of drug-likeness (QED) is 0.703. The van der Waals surface area contributed by atoms with E-state index in [1.807, 2.05) is 49.4 Å². The molecule has 27 heavy (non-hydrogen) atoms. The van der Waals surface area contributed by atoms with E-state index in [0.717, 1.165) is 11.1 Å². The van der Waals surface area contributed by atoms with Crippen molar-refractivity contribution in [2.24, 2.45) is 0 Å². The molecular weight excluding hydrogens is 362 g/mol. The zero-order valence-corrected chi connectivity index (χ0v) is 16.2. The summed E-state index contributed by atoms with van der Waals surface area (Å²) < 4.78 is 5.30. The number of esters is 1. The highest BCUT2D eigenvalue weighted by Crippen LogP contribution is 2.38. The fraction of sp³-hybridized carbons (Fsp3) is 0.273. The van der Waals surface area contributed by atoms with E-state index in [0.29, 0.717) is 22.8 Å². The zero-order valence-electron chi connectivity index (χ0n) is 15.4. The lowest BCUT2D eigenvalue weighted by Gasteiger charge is -2.34. The summed E-state index contributed by atoms with van der Waals surface area (Å²) in [5, 5.41) is 0.616. The highest BCUT2D eigenvalue weighted by molar-refractivity contribution is 6.30. The predicted octanol–water partition coefficient (Wildman–Crippen LogP) is 4.69. The molecule has 2 aromatic carbocycles. The Kier molecular flexibility index (Phi) is 5.97. The van der Waals surface area contributed by atoms with Gasteiger partial charge in [-0.25, -0.2) is 4.79 Å². The third kappa shape index (κ3) is 4.22. The minimum atomic E-state index is -0.375. The van der Waals surface area contributed by atoms with Gasteiger partial charge in [-0.05, 0) is 37.1 Å². The largest absolute Gasteiger partial charge is 0.463 e. The molecule has 4 nitrogen and oxygen atoms in total. The smallest absolute Gasteiger partial charge is 0.336 e. The molecule has 5 heteroatoms. The molecule has 0 saturated heterocycles. The van der Waals surface area contributed by atoms with E-state index >= 15 is 0 Å². The Morgan fingerprint density at radius 3 is 2.44 bits per heavy atom. The third-order valence-corrected chi connectivity index (χ3v) is 5.03. The van der Waals surface area contributed by atoms with Crippen molar-refractivity contribution in [3.63, 3.8) is 0 Å². The summed E-state index contributed by atoms with van der Waals surface area (Å²) in [7, 11) is 0. The second-order valence-corrected chi connectivity index (χ2v) is 6.93. The molecule has 0 spiro atoms. The van der Waals surface area contributed by atoms with Gasteiger partial charge in [-0.2, -0.15) is 0 Å². The van der Waals surface area contributed by atoms with Crippen molar-refractivity contribution in [1.29, 1.82) is 0 Å². The molecule has 0 aromatic heterocycles. The van der Waals surface area contributed by atoms with Crippen molar-refractivity contribution >= 4 is 23.5 Å². The zero-order chi connectivity index (χ0) is 19.4. The number of hydrogen-bond acceptors (Lipinski definition) is 3. The second kappa shape index (κ2) is 8.40. The number of rotatable bonds is 5. The van der Waals surface area contributed by atoms with Gasteiger partial charge in [-0.1, -0.05) is 54.1 Å². The molecular formula is C22H22ClNO3. The van der Waals surface area contributed by atoms with Gasteiger partial charge in [0.25, 0.3) is 0 Å². The first-order valence-corrected chi connectivity index (χ1v) is 9.36. The number of carbonyl (C=O) groups is 2. The molecule has 0 N–H and O–H groups in total. The Morgan fingerprint density at radius 1 is 1.15 bits per heavy atom. The number of nitrogens with zero attached hydrogens (tertiary/aromatic N) is 1. The first-order valence-electron chi connectivity index (χ1n) is 8.99. The van der Waals surface area contributed by atoms with E-state index in [2.05, 4.69) is 0 Å². The molecule has 0 radical (unpaired) electrons. The van der Waals surface area contributed by atoms with Gasteiger partial charge >= 0.3 is 5.97 Å². The summed E-state index contributed by atoms with van der Waals surface area (Å²) >= 11 is 5.99. The maximum absolute atomic E-state index is 12.9. The van der Waals surface area contributed by atoms with E-state index in [-0.39, 0.29) is 30.8 Å². The average molecular weight is 384 g/mol. The van der Waals surface area contributed by atoms with Crippen molar-refractivity contribution < 1.29 is 14.3 Å². The summed E-state index contributed by atoms with van der Waals surface area (Å²) in [6.07, 6.45) is 0.222. The molecule has 3 rings (SSSR count). The standard InChI is InChI=1S/C22H22ClNO3/c1-3-27-22(26)21-15(2)24(14-16-7-5-4-6-8-16)20(25)13-19(21)17-9-11-18(23)12-10-17/h4-12,19H,3,13-14H2,1-2H3/t19-/m0/s1. The minimum Gasteiger partial charge on any atom is -0.463 e. The van der Waals surface area contributed by atoms with Crippen LogP contribution in [0.1, 0.15) is 37.3 Å². The normalized spacial score (nSPS) is 17.2. The highest BCUT2D eigenvalue weighted by Gasteiger charge is 2.36. The average Bonchev–Trinajstić information content (AvgIpc) is 2.66. The monoisotopic (exact) mass is 383 g/mol. The van der Waals surface area contributed by atoms with Crippen LogP contribution in [0.15, 0.2) is 65.9 Å². The topological polar surface area (TPSA) is 46.6 Å². The molecule has 2 aromatic rings. The lowest BCUT2D eigenvalue weighted by Crippen LogP contribution is -2.38. The summed E-state index contributed by atoms with van der Waals surface area (Å²) in [5.74, 6) is -0.717. The third-order valence-electron chi connectivity index (χ3n) is 4.77. The van der Waals surface area contributed by atoms with Gasteiger partial charge in [-0.3, -0.25) is 4.79 Å². The van der Waals surface area contributed by atoms with E-state index in [9.17, 15) is 9.59 Å². The molecule has 0 aliphatic carbocycles. The van der Waals surface area contributed by atoms with Crippen LogP contribution in [0.4, 0.5) is 0 Å². The molecule has 1 aliphatic heterocycles. The van der Waals surface area contributed by atoms with Gasteiger partial charge in [0.2, 0.25) is 5.91 Å². The van der Waals surface area contributed by atoms with Gasteiger partial charge in [-0.15, -0.1) is 0 Å². The number of hydrogen-bond donors (Lipinski definition) is 0. The lowest BCUT2D eigenvalue weighted by atomic mass is 9.83. The molecule has 140 valence electrons. The summed E-state index contributed by atoms with van der Waals surface area (Å²) in [6.45, 7) is 4.31. The van der Waals surface area contributed by atoms with E-state index < -0.39 is 0 Å². The number of halogens is 1. The van der Waals surface area contributed by atoms with Crippen LogP contribution in [0.25, 0.3) is 0 Å². The number of amides is 1. The summed E-state index contributed by atoms with van der Waals surface area (Å²) in [5.41, 5.74) is 3.08. The molecule has 0 unspecified atom stereocenters. The van der Waals surface area contributed by atoms with Crippen LogP contribution >= 0.6 is 11.6 Å². The van der Waals surface area contributed by atoms with E-state index in [4.69, 9.17) is 16.3 Å². The summed E-state index contributed by atoms with van der Waals surface area (Å²) in [4.78, 5) is 27.3. The molecule has 1 heterocycles. The van der Waals surface area contributed by atoms with Crippen molar-refractivity contribution in [2.45, 2.75) is 32.7 Å². The second-order valence-electron chi connectivity index (χ2n) is 6.49. The fourth-order valence-electron chi connectivity index (χ4n) is 3.42. The molecule has 0 fully saturated rings. The van der Waals surface area contributed by atoms with Crippen LogP contribution in [-0.2, 0) is 20.9 Å². The van der Waals surface area contributed by atoms with Crippen LogP contribution < -0.4 is 0 Å². The number of carbonyl (C=O) groups excluding carboxylic acids is 2. The van der Waals surface area contributed by atoms with Crippen molar-refractivity contribution in [1.82, 2.24) is 4.90 Å². The SMILES string of the molecule is CCOC(=O)C1=C(C)N(Cc2ccccc2)C(=O)C[C@H]1c1ccc(Cl)cc1. The highest BCUT2D eigenvalue weighted by atomic mass is 35.5.